The number of anilines is 2. The number of phenolic OH excluding ortho intramolecular Hbond substituents is 1. The molecule has 0 unspecified atom stereocenters. The van der Waals surface area contributed by atoms with Crippen LogP contribution in [0.1, 0.15) is 13.8 Å². The van der Waals surface area contributed by atoms with E-state index in [2.05, 4.69) is 35.9 Å². The molecule has 2 aliphatic rings. The summed E-state index contributed by atoms with van der Waals surface area (Å²) >= 11 is 6.17. The molecule has 0 bridgehead atoms. The van der Waals surface area contributed by atoms with E-state index in [1.54, 1.807) is 12.1 Å². The summed E-state index contributed by atoms with van der Waals surface area (Å²) in [5, 5.41) is 14.6. The van der Waals surface area contributed by atoms with Crippen LogP contribution in [0.4, 0.5) is 11.4 Å². The number of fused-ring (bicyclic) bond motifs is 2. The Bertz CT molecular complexity index is 1470. The molecule has 1 aliphatic carbocycles. The third-order valence-corrected chi connectivity index (χ3v) is 5.58. The van der Waals surface area contributed by atoms with E-state index in [-0.39, 0.29) is 11.8 Å². The van der Waals surface area contributed by atoms with Crippen LogP contribution < -0.4 is 10.7 Å². The lowest BCUT2D eigenvalue weighted by Crippen LogP contribution is -2.16. The summed E-state index contributed by atoms with van der Waals surface area (Å²) in [6, 6.07) is 27.1. The first-order chi connectivity index (χ1) is 16.0. The van der Waals surface area contributed by atoms with Crippen LogP contribution in [0.25, 0.3) is 28.1 Å². The topological polar surface area (TPSA) is 62.4 Å². The van der Waals surface area contributed by atoms with E-state index >= 15 is 0 Å². The van der Waals surface area contributed by atoms with Crippen molar-refractivity contribution in [1.29, 1.82) is 0 Å². The molecule has 2 N–H and O–H groups in total. The van der Waals surface area contributed by atoms with Gasteiger partial charge in [0, 0.05) is 22.4 Å². The van der Waals surface area contributed by atoms with Crippen LogP contribution >= 0.6 is 11.6 Å². The molecule has 3 aromatic carbocycles. The van der Waals surface area contributed by atoms with E-state index in [4.69, 9.17) is 21.6 Å². The van der Waals surface area contributed by atoms with Gasteiger partial charge in [0.2, 0.25) is 0 Å². The third-order valence-electron chi connectivity index (χ3n) is 5.33. The second-order valence-corrected chi connectivity index (χ2v) is 8.60. The van der Waals surface area contributed by atoms with Crippen LogP contribution in [-0.2, 0) is 0 Å². The van der Waals surface area contributed by atoms with E-state index in [9.17, 15) is 5.11 Å². The van der Waals surface area contributed by atoms with Crippen molar-refractivity contribution in [3.8, 4) is 22.8 Å². The van der Waals surface area contributed by atoms with Crippen LogP contribution in [0.15, 0.2) is 89.9 Å². The van der Waals surface area contributed by atoms with E-state index in [1.807, 2.05) is 60.7 Å². The predicted molar refractivity (Wildman–Crippen MR) is 135 cm³/mol. The molecule has 0 radical (unpaired) electrons. The molecule has 0 amide bonds. The normalized spacial score (nSPS) is 12.1. The van der Waals surface area contributed by atoms with E-state index in [1.165, 1.54) is 0 Å². The van der Waals surface area contributed by atoms with Crippen LogP contribution in [0.5, 0.6) is 5.75 Å². The molecule has 1 heterocycles. The zero-order valence-corrected chi connectivity index (χ0v) is 19.1. The van der Waals surface area contributed by atoms with Gasteiger partial charge in [-0.15, -0.1) is 0 Å². The molecule has 0 atom stereocenters. The van der Waals surface area contributed by atoms with Crippen molar-refractivity contribution in [1.82, 2.24) is 9.55 Å². The van der Waals surface area contributed by atoms with Crippen LogP contribution in [0.3, 0.4) is 0 Å². The van der Waals surface area contributed by atoms with Gasteiger partial charge in [-0.1, -0.05) is 23.7 Å². The molecule has 6 heteroatoms. The maximum Gasteiger partial charge on any atom is 0.115 e. The van der Waals surface area contributed by atoms with E-state index < -0.39 is 0 Å². The molecule has 5 nitrogen and oxygen atoms in total. The highest BCUT2D eigenvalue weighted by molar-refractivity contribution is 6.30. The minimum atomic E-state index is 0.111. The number of para-hydroxylation sites is 2. The van der Waals surface area contributed by atoms with Gasteiger partial charge in [0.15, 0.2) is 0 Å². The molecule has 0 fully saturated rings. The standard InChI is InChI=1S/C27H23ClN4O/c1-17(2)29-24-16-27-25(15-23(24)30-19-9-13-21(33)14-10-19)31-22-5-3-4-6-26(22)32(27)20-11-7-18(28)8-12-20/h3-17,30,33H,1-2H3/b29-24-. The zero-order chi connectivity index (χ0) is 22.9. The molecule has 0 saturated carbocycles. The Labute approximate surface area is 197 Å². The Balaban J connectivity index is 1.80. The summed E-state index contributed by atoms with van der Waals surface area (Å²) in [5.41, 5.74) is 6.40. The molecule has 164 valence electrons. The highest BCUT2D eigenvalue weighted by atomic mass is 35.5. The first-order valence-corrected chi connectivity index (χ1v) is 11.2. The number of aromatic nitrogens is 2. The molecule has 0 spiro atoms. The Hall–Kier alpha value is -3.83. The third kappa shape index (κ3) is 4.28. The van der Waals surface area contributed by atoms with Crippen LogP contribution in [0.2, 0.25) is 5.02 Å². The molecule has 33 heavy (non-hydrogen) atoms. The predicted octanol–water partition coefficient (Wildman–Crippen LogP) is 6.54. The van der Waals surface area contributed by atoms with Crippen molar-refractivity contribution in [2.45, 2.75) is 19.9 Å². The minimum absolute atomic E-state index is 0.111. The van der Waals surface area contributed by atoms with Crippen molar-refractivity contribution < 1.29 is 5.11 Å². The lowest BCUT2D eigenvalue weighted by atomic mass is 10.1. The largest absolute Gasteiger partial charge is 0.508 e. The molecule has 5 rings (SSSR count). The Kier molecular flexibility index (Phi) is 5.48. The van der Waals surface area contributed by atoms with E-state index in [0.717, 1.165) is 44.8 Å². The fraction of sp³-hybridized carbons (Fsp3) is 0.111. The summed E-state index contributed by atoms with van der Waals surface area (Å²) in [6.07, 6.45) is 0. The summed E-state index contributed by atoms with van der Waals surface area (Å²) in [4.78, 5) is 9.83. The zero-order valence-electron chi connectivity index (χ0n) is 18.3. The van der Waals surface area contributed by atoms with Crippen molar-refractivity contribution in [3.63, 3.8) is 0 Å². The fourth-order valence-electron chi connectivity index (χ4n) is 3.90. The monoisotopic (exact) mass is 454 g/mol. The average Bonchev–Trinajstić information content (AvgIpc) is 2.80. The Morgan fingerprint density at radius 2 is 1.67 bits per heavy atom. The van der Waals surface area contributed by atoms with Gasteiger partial charge in [-0.3, -0.25) is 4.99 Å². The van der Waals surface area contributed by atoms with Crippen LogP contribution in [0, 0.1) is 0 Å². The number of benzene rings is 4. The number of halogens is 1. The van der Waals surface area contributed by atoms with Crippen molar-refractivity contribution in [3.05, 3.63) is 95.3 Å². The van der Waals surface area contributed by atoms with Gasteiger partial charge in [0.05, 0.1) is 33.5 Å². The van der Waals surface area contributed by atoms with Gasteiger partial charge < -0.3 is 15.0 Å². The van der Waals surface area contributed by atoms with Gasteiger partial charge >= 0.3 is 0 Å². The average molecular weight is 455 g/mol. The van der Waals surface area contributed by atoms with E-state index in [0.29, 0.717) is 5.02 Å². The van der Waals surface area contributed by atoms with Gasteiger partial charge in [0.1, 0.15) is 5.75 Å². The number of hydrogen-bond acceptors (Lipinski definition) is 4. The SMILES string of the molecule is CC(C)/N=c1/cc2n(-c3ccc(Cl)cc3)c3ccccc3nc-2cc1Nc1ccc(O)cc1. The fourth-order valence-corrected chi connectivity index (χ4v) is 4.02. The first-order valence-electron chi connectivity index (χ1n) is 10.8. The summed E-state index contributed by atoms with van der Waals surface area (Å²) in [6.45, 7) is 4.11. The summed E-state index contributed by atoms with van der Waals surface area (Å²) in [7, 11) is 0. The van der Waals surface area contributed by atoms with Crippen molar-refractivity contribution in [2.75, 3.05) is 5.32 Å². The number of phenols is 1. The number of nitrogens with zero attached hydrogens (tertiary/aromatic N) is 3. The quantitative estimate of drug-likeness (QED) is 0.239. The first kappa shape index (κ1) is 21.0. The molecule has 0 aromatic heterocycles. The van der Waals surface area contributed by atoms with Gasteiger partial charge in [-0.25, -0.2) is 4.98 Å². The smallest absolute Gasteiger partial charge is 0.115 e. The molecular formula is C27H23ClN4O. The molecule has 3 aromatic rings. The summed E-state index contributed by atoms with van der Waals surface area (Å²) in [5.74, 6) is 0.225. The van der Waals surface area contributed by atoms with Crippen molar-refractivity contribution >= 4 is 34.0 Å². The number of nitrogens with one attached hydrogen (secondary N) is 1. The molecule has 1 aliphatic heterocycles. The minimum Gasteiger partial charge on any atom is -0.508 e. The van der Waals surface area contributed by atoms with Gasteiger partial charge in [-0.05, 0) is 86.6 Å². The number of hydrogen-bond donors (Lipinski definition) is 2. The maximum absolute atomic E-state index is 9.63. The Morgan fingerprint density at radius 3 is 2.39 bits per heavy atom. The molecule has 0 saturated heterocycles. The number of aromatic hydroxyl groups is 1. The van der Waals surface area contributed by atoms with Gasteiger partial charge in [-0.2, -0.15) is 0 Å². The lowest BCUT2D eigenvalue weighted by molar-refractivity contribution is 0.475. The van der Waals surface area contributed by atoms with Crippen LogP contribution in [-0.4, -0.2) is 20.7 Å². The second kappa shape index (κ2) is 8.60. The second-order valence-electron chi connectivity index (χ2n) is 8.17. The summed E-state index contributed by atoms with van der Waals surface area (Å²) < 4.78 is 2.19. The maximum atomic E-state index is 9.63. The van der Waals surface area contributed by atoms with Gasteiger partial charge in [0.25, 0.3) is 0 Å². The number of rotatable bonds is 4. The highest BCUT2D eigenvalue weighted by Crippen LogP contribution is 2.31. The highest BCUT2D eigenvalue weighted by Gasteiger charge is 2.16. The van der Waals surface area contributed by atoms with Crippen molar-refractivity contribution in [2.24, 2.45) is 4.99 Å². The lowest BCUT2D eigenvalue weighted by Gasteiger charge is -2.20. The molecular weight excluding hydrogens is 432 g/mol. The Morgan fingerprint density at radius 1 is 0.939 bits per heavy atom.